The Morgan fingerprint density at radius 2 is 1.96 bits per heavy atom. The first-order valence-corrected chi connectivity index (χ1v) is 9.15. The maximum atomic E-state index is 11.5. The summed E-state index contributed by atoms with van der Waals surface area (Å²) in [4.78, 5) is 11.5. The molecule has 0 amide bonds. The van der Waals surface area contributed by atoms with Crippen LogP contribution in [0.5, 0.6) is 0 Å². The third kappa shape index (κ3) is 3.51. The molecule has 1 unspecified atom stereocenters. The van der Waals surface area contributed by atoms with Crippen LogP contribution >= 0.6 is 11.6 Å². The third-order valence-electron chi connectivity index (χ3n) is 5.07. The maximum absolute atomic E-state index is 11.5. The fourth-order valence-electron chi connectivity index (χ4n) is 3.55. The number of carboxylic acid groups (broad SMARTS) is 1. The van der Waals surface area contributed by atoms with Gasteiger partial charge in [0.1, 0.15) is 5.54 Å². The summed E-state index contributed by atoms with van der Waals surface area (Å²) in [6.07, 6.45) is 0.881. The normalized spacial score (nSPS) is 18.6. The minimum atomic E-state index is -1.05. The van der Waals surface area contributed by atoms with Gasteiger partial charge in [-0.3, -0.25) is 0 Å². The van der Waals surface area contributed by atoms with Gasteiger partial charge >= 0.3 is 5.97 Å². The molecule has 0 fully saturated rings. The van der Waals surface area contributed by atoms with Gasteiger partial charge in [0.15, 0.2) is 0 Å². The highest BCUT2D eigenvalue weighted by atomic mass is 35.5. The topological polar surface area (TPSA) is 61.4 Å². The molecular weight excluding hydrogens is 348 g/mol. The molecule has 4 nitrogen and oxygen atoms in total. The number of rotatable bonds is 4. The summed E-state index contributed by atoms with van der Waals surface area (Å²) in [7, 11) is 0. The lowest BCUT2D eigenvalue weighted by Crippen LogP contribution is -2.40. The van der Waals surface area contributed by atoms with Crippen LogP contribution in [0.2, 0.25) is 5.02 Å². The molecule has 1 aliphatic rings. The number of halogens is 1. The lowest BCUT2D eigenvalue weighted by Gasteiger charge is -2.40. The maximum Gasteiger partial charge on any atom is 0.328 e. The van der Waals surface area contributed by atoms with Crippen molar-refractivity contribution in [1.29, 1.82) is 0 Å². The Kier molecular flexibility index (Phi) is 4.65. The predicted octanol–water partition coefficient (Wildman–Crippen LogP) is 5.45. The average molecular weight is 373 g/mol. The Balaban J connectivity index is 1.98. The monoisotopic (exact) mass is 372 g/mol. The van der Waals surface area contributed by atoms with E-state index in [9.17, 15) is 9.90 Å². The van der Waals surface area contributed by atoms with Gasteiger partial charge in [-0.05, 0) is 61.1 Å². The number of aliphatic carboxylic acids is 1. The van der Waals surface area contributed by atoms with E-state index < -0.39 is 11.5 Å². The van der Waals surface area contributed by atoms with Crippen molar-refractivity contribution < 1.29 is 9.90 Å². The van der Waals surface area contributed by atoms with Crippen LogP contribution in [-0.2, 0) is 10.2 Å². The van der Waals surface area contributed by atoms with Crippen molar-refractivity contribution in [2.24, 2.45) is 0 Å². The summed E-state index contributed by atoms with van der Waals surface area (Å²) in [5.41, 5.74) is 3.08. The zero-order valence-electron chi connectivity index (χ0n) is 15.6. The highest BCUT2D eigenvalue weighted by molar-refractivity contribution is 6.30. The zero-order chi connectivity index (χ0) is 19.1. The molecule has 0 bridgehead atoms. The van der Waals surface area contributed by atoms with Gasteiger partial charge in [0.2, 0.25) is 0 Å². The van der Waals surface area contributed by atoms with E-state index in [0.29, 0.717) is 0 Å². The van der Waals surface area contributed by atoms with Crippen LogP contribution in [0, 0.1) is 0 Å². The quantitative estimate of drug-likeness (QED) is 0.667. The number of carbonyl (C=O) groups is 1. The molecule has 2 aromatic rings. The van der Waals surface area contributed by atoms with Crippen LogP contribution in [0.1, 0.15) is 51.3 Å². The molecule has 0 aromatic heterocycles. The lowest BCUT2D eigenvalue weighted by atomic mass is 9.74. The van der Waals surface area contributed by atoms with E-state index in [1.54, 1.807) is 13.8 Å². The van der Waals surface area contributed by atoms with Crippen LogP contribution in [0.25, 0.3) is 0 Å². The highest BCUT2D eigenvalue weighted by Crippen LogP contribution is 2.46. The van der Waals surface area contributed by atoms with Crippen LogP contribution in [0.15, 0.2) is 42.5 Å². The van der Waals surface area contributed by atoms with Gasteiger partial charge in [0, 0.05) is 16.4 Å². The largest absolute Gasteiger partial charge is 0.480 e. The lowest BCUT2D eigenvalue weighted by molar-refractivity contribution is -0.141. The highest BCUT2D eigenvalue weighted by Gasteiger charge is 2.35. The van der Waals surface area contributed by atoms with Crippen LogP contribution < -0.4 is 10.6 Å². The smallest absolute Gasteiger partial charge is 0.328 e. The summed E-state index contributed by atoms with van der Waals surface area (Å²) in [5, 5.41) is 17.0. The van der Waals surface area contributed by atoms with Crippen molar-refractivity contribution >= 4 is 28.9 Å². The van der Waals surface area contributed by atoms with Gasteiger partial charge in [-0.15, -0.1) is 0 Å². The van der Waals surface area contributed by atoms with Crippen molar-refractivity contribution in [2.75, 3.05) is 10.6 Å². The van der Waals surface area contributed by atoms with Crippen molar-refractivity contribution in [3.63, 3.8) is 0 Å². The average Bonchev–Trinajstić information content (AvgIpc) is 2.55. The van der Waals surface area contributed by atoms with Gasteiger partial charge in [0.05, 0.1) is 6.04 Å². The van der Waals surface area contributed by atoms with Gasteiger partial charge in [-0.1, -0.05) is 43.6 Å². The molecule has 26 heavy (non-hydrogen) atoms. The summed E-state index contributed by atoms with van der Waals surface area (Å²) < 4.78 is 0. The number of carboxylic acids is 1. The molecule has 2 aromatic carbocycles. The number of fused-ring (bicyclic) bond motifs is 1. The first-order chi connectivity index (χ1) is 12.1. The third-order valence-corrected chi connectivity index (χ3v) is 5.31. The summed E-state index contributed by atoms with van der Waals surface area (Å²) >= 11 is 6.19. The summed E-state index contributed by atoms with van der Waals surface area (Å²) in [6.45, 7) is 7.77. The van der Waals surface area contributed by atoms with Crippen LogP contribution in [0.3, 0.4) is 0 Å². The molecule has 1 atom stereocenters. The molecule has 1 heterocycles. The van der Waals surface area contributed by atoms with Gasteiger partial charge in [-0.25, -0.2) is 4.79 Å². The van der Waals surface area contributed by atoms with E-state index in [2.05, 4.69) is 30.5 Å². The molecule has 0 spiro atoms. The Bertz CT molecular complexity index is 846. The molecule has 0 saturated heterocycles. The van der Waals surface area contributed by atoms with Gasteiger partial charge < -0.3 is 15.7 Å². The molecule has 5 heteroatoms. The molecule has 0 saturated carbocycles. The van der Waals surface area contributed by atoms with Crippen LogP contribution in [-0.4, -0.2) is 16.6 Å². The molecular formula is C21H25ClN2O2. The Morgan fingerprint density at radius 3 is 2.65 bits per heavy atom. The van der Waals surface area contributed by atoms with Crippen molar-refractivity contribution in [2.45, 2.75) is 51.1 Å². The minimum absolute atomic E-state index is 0.0500. The van der Waals surface area contributed by atoms with E-state index in [4.69, 9.17) is 11.6 Å². The van der Waals surface area contributed by atoms with Crippen LogP contribution in [0.4, 0.5) is 11.4 Å². The van der Waals surface area contributed by atoms with E-state index in [-0.39, 0.29) is 11.5 Å². The predicted molar refractivity (Wildman–Crippen MR) is 107 cm³/mol. The fourth-order valence-corrected chi connectivity index (χ4v) is 3.73. The standard InChI is InChI=1S/C21H25ClN2O2/c1-20(2)12-18(23-17-10-9-13(22)11-15(17)20)14-7-5-6-8-16(14)24-21(3,4)19(25)26/h5-11,18,23-24H,12H2,1-4H3,(H,25,26). The molecule has 138 valence electrons. The number of hydrogen-bond donors (Lipinski definition) is 3. The van der Waals surface area contributed by atoms with Crippen molar-refractivity contribution in [3.8, 4) is 0 Å². The van der Waals surface area contributed by atoms with E-state index >= 15 is 0 Å². The zero-order valence-corrected chi connectivity index (χ0v) is 16.3. The Morgan fingerprint density at radius 1 is 1.27 bits per heavy atom. The first-order valence-electron chi connectivity index (χ1n) is 8.77. The minimum Gasteiger partial charge on any atom is -0.480 e. The molecule has 0 aliphatic carbocycles. The second kappa shape index (κ2) is 6.51. The number of hydrogen-bond acceptors (Lipinski definition) is 3. The van der Waals surface area contributed by atoms with Gasteiger partial charge in [-0.2, -0.15) is 0 Å². The SMILES string of the molecule is CC(C)(Nc1ccccc1C1CC(C)(C)c2cc(Cl)ccc2N1)C(=O)O. The summed E-state index contributed by atoms with van der Waals surface area (Å²) in [5.74, 6) is -0.885. The second-order valence-electron chi connectivity index (χ2n) is 8.12. The Hall–Kier alpha value is -2.20. The van der Waals surface area contributed by atoms with Crippen molar-refractivity contribution in [3.05, 3.63) is 58.6 Å². The van der Waals surface area contributed by atoms with Crippen molar-refractivity contribution in [1.82, 2.24) is 0 Å². The van der Waals surface area contributed by atoms with E-state index in [1.807, 2.05) is 36.4 Å². The number of benzene rings is 2. The second-order valence-corrected chi connectivity index (χ2v) is 8.55. The molecule has 3 N–H and O–H groups in total. The van der Waals surface area contributed by atoms with E-state index in [1.165, 1.54) is 5.56 Å². The molecule has 0 radical (unpaired) electrons. The van der Waals surface area contributed by atoms with Gasteiger partial charge in [0.25, 0.3) is 0 Å². The first kappa shape index (κ1) is 18.6. The molecule has 1 aliphatic heterocycles. The number of para-hydroxylation sites is 1. The number of anilines is 2. The summed E-state index contributed by atoms with van der Waals surface area (Å²) in [6, 6.07) is 13.9. The Labute approximate surface area is 159 Å². The fraction of sp³-hybridized carbons (Fsp3) is 0.381. The number of nitrogens with one attached hydrogen (secondary N) is 2. The molecule has 3 rings (SSSR count). The van der Waals surface area contributed by atoms with E-state index in [0.717, 1.165) is 28.4 Å².